The Morgan fingerprint density at radius 3 is 2.47 bits per heavy atom. The quantitative estimate of drug-likeness (QED) is 0.382. The number of benzene rings is 3. The SMILES string of the molecule is COc1ccc(Br)cc1C(=O)NC(=S)Nc1cc2nn(-c3ccc(F)cc3)nc2cc1C. The van der Waals surface area contributed by atoms with Gasteiger partial charge in [0.25, 0.3) is 5.91 Å². The smallest absolute Gasteiger partial charge is 0.261 e. The van der Waals surface area contributed by atoms with Crippen molar-refractivity contribution in [2.24, 2.45) is 0 Å². The summed E-state index contributed by atoms with van der Waals surface area (Å²) in [5, 5.41) is 14.7. The molecule has 1 heterocycles. The zero-order valence-corrected chi connectivity index (χ0v) is 19.4. The number of rotatable bonds is 4. The fourth-order valence-corrected chi connectivity index (χ4v) is 3.64. The number of nitrogens with one attached hydrogen (secondary N) is 2. The predicted molar refractivity (Wildman–Crippen MR) is 128 cm³/mol. The van der Waals surface area contributed by atoms with Crippen LogP contribution in [-0.4, -0.2) is 33.1 Å². The summed E-state index contributed by atoms with van der Waals surface area (Å²) in [6.45, 7) is 1.89. The molecule has 0 spiro atoms. The van der Waals surface area contributed by atoms with Gasteiger partial charge < -0.3 is 10.1 Å². The van der Waals surface area contributed by atoms with Gasteiger partial charge in [-0.1, -0.05) is 15.9 Å². The first-order chi connectivity index (χ1) is 15.3. The molecule has 1 amide bonds. The second-order valence-corrected chi connectivity index (χ2v) is 8.20. The maximum Gasteiger partial charge on any atom is 0.261 e. The minimum atomic E-state index is -0.401. The molecule has 0 aliphatic heterocycles. The van der Waals surface area contributed by atoms with Crippen LogP contribution in [0, 0.1) is 12.7 Å². The lowest BCUT2D eigenvalue weighted by Gasteiger charge is -2.13. The number of aromatic nitrogens is 3. The molecule has 4 rings (SSSR count). The van der Waals surface area contributed by atoms with Crippen LogP contribution in [0.1, 0.15) is 15.9 Å². The number of hydrogen-bond donors (Lipinski definition) is 2. The minimum Gasteiger partial charge on any atom is -0.496 e. The standard InChI is InChI=1S/C22H17BrFN5O2S/c1-12-9-18-19(28-29(27-18)15-6-4-14(24)5-7-15)11-17(12)25-22(32)26-21(30)16-10-13(23)3-8-20(16)31-2/h3-11H,1-2H3,(H2,25,26,30,32). The summed E-state index contributed by atoms with van der Waals surface area (Å²) in [6, 6.07) is 14.7. The zero-order chi connectivity index (χ0) is 22.8. The second-order valence-electron chi connectivity index (χ2n) is 6.87. The van der Waals surface area contributed by atoms with Gasteiger partial charge in [-0.15, -0.1) is 10.2 Å². The molecule has 0 aliphatic carbocycles. The lowest BCUT2D eigenvalue weighted by atomic mass is 10.1. The van der Waals surface area contributed by atoms with Crippen LogP contribution in [0.25, 0.3) is 16.7 Å². The molecule has 0 atom stereocenters. The van der Waals surface area contributed by atoms with Crippen molar-refractivity contribution in [1.29, 1.82) is 0 Å². The van der Waals surface area contributed by atoms with E-state index in [1.54, 1.807) is 36.4 Å². The van der Waals surface area contributed by atoms with Crippen molar-refractivity contribution in [3.63, 3.8) is 0 Å². The van der Waals surface area contributed by atoms with Crippen molar-refractivity contribution < 1.29 is 13.9 Å². The van der Waals surface area contributed by atoms with Gasteiger partial charge >= 0.3 is 0 Å². The van der Waals surface area contributed by atoms with Crippen molar-refractivity contribution in [3.05, 3.63) is 76.0 Å². The van der Waals surface area contributed by atoms with E-state index in [-0.39, 0.29) is 10.9 Å². The van der Waals surface area contributed by atoms with Gasteiger partial charge in [0.2, 0.25) is 0 Å². The van der Waals surface area contributed by atoms with Crippen LogP contribution in [-0.2, 0) is 0 Å². The molecule has 32 heavy (non-hydrogen) atoms. The van der Waals surface area contributed by atoms with Crippen molar-refractivity contribution in [1.82, 2.24) is 20.3 Å². The molecule has 7 nitrogen and oxygen atoms in total. The predicted octanol–water partition coefficient (Wildman–Crippen LogP) is 4.77. The van der Waals surface area contributed by atoms with Crippen molar-refractivity contribution >= 4 is 55.9 Å². The third kappa shape index (κ3) is 4.61. The Kier molecular flexibility index (Phi) is 6.15. The van der Waals surface area contributed by atoms with E-state index in [9.17, 15) is 9.18 Å². The van der Waals surface area contributed by atoms with Gasteiger partial charge in [-0.05, 0) is 79.3 Å². The van der Waals surface area contributed by atoms with Gasteiger partial charge in [0.05, 0.1) is 18.4 Å². The highest BCUT2D eigenvalue weighted by molar-refractivity contribution is 9.10. The molecule has 0 unspecified atom stereocenters. The largest absolute Gasteiger partial charge is 0.496 e. The lowest BCUT2D eigenvalue weighted by Crippen LogP contribution is -2.34. The summed E-state index contributed by atoms with van der Waals surface area (Å²) in [6.07, 6.45) is 0. The second kappa shape index (κ2) is 9.01. The normalized spacial score (nSPS) is 10.8. The number of halogens is 2. The van der Waals surface area contributed by atoms with E-state index in [1.807, 2.05) is 13.0 Å². The number of nitrogens with zero attached hydrogens (tertiary/aromatic N) is 3. The van der Waals surface area contributed by atoms with Crippen LogP contribution in [0.3, 0.4) is 0 Å². The van der Waals surface area contributed by atoms with Crippen LogP contribution in [0.15, 0.2) is 59.1 Å². The fourth-order valence-electron chi connectivity index (χ4n) is 3.07. The van der Waals surface area contributed by atoms with E-state index >= 15 is 0 Å². The highest BCUT2D eigenvalue weighted by atomic mass is 79.9. The molecule has 0 radical (unpaired) electrons. The molecule has 0 saturated carbocycles. The number of anilines is 1. The summed E-state index contributed by atoms with van der Waals surface area (Å²) >= 11 is 8.68. The van der Waals surface area contributed by atoms with E-state index in [2.05, 4.69) is 36.8 Å². The van der Waals surface area contributed by atoms with Crippen molar-refractivity contribution in [2.45, 2.75) is 6.92 Å². The maximum absolute atomic E-state index is 13.2. The highest BCUT2D eigenvalue weighted by Crippen LogP contribution is 2.24. The monoisotopic (exact) mass is 513 g/mol. The van der Waals surface area contributed by atoms with E-state index in [0.29, 0.717) is 33.7 Å². The average molecular weight is 514 g/mol. The van der Waals surface area contributed by atoms with Gasteiger partial charge in [0.1, 0.15) is 22.6 Å². The Morgan fingerprint density at radius 2 is 1.78 bits per heavy atom. The number of carbonyl (C=O) groups excluding carboxylic acids is 1. The molecule has 0 fully saturated rings. The van der Waals surface area contributed by atoms with Gasteiger partial charge in [-0.25, -0.2) is 4.39 Å². The van der Waals surface area contributed by atoms with Crippen LogP contribution >= 0.6 is 28.1 Å². The lowest BCUT2D eigenvalue weighted by molar-refractivity contribution is 0.0974. The molecule has 0 bridgehead atoms. The van der Waals surface area contributed by atoms with Crippen LogP contribution in [0.4, 0.5) is 10.1 Å². The number of methoxy groups -OCH3 is 1. The van der Waals surface area contributed by atoms with Crippen molar-refractivity contribution in [3.8, 4) is 11.4 Å². The Morgan fingerprint density at radius 1 is 1.09 bits per heavy atom. The Labute approximate surface area is 196 Å². The van der Waals surface area contributed by atoms with Gasteiger partial charge in [-0.3, -0.25) is 10.1 Å². The molecule has 4 aromatic rings. The minimum absolute atomic E-state index is 0.130. The first kappa shape index (κ1) is 21.8. The fraction of sp³-hybridized carbons (Fsp3) is 0.0909. The maximum atomic E-state index is 13.2. The first-order valence-electron chi connectivity index (χ1n) is 9.43. The number of thiocarbonyl (C=S) groups is 1. The summed E-state index contributed by atoms with van der Waals surface area (Å²) in [4.78, 5) is 14.1. The molecule has 10 heteroatoms. The van der Waals surface area contributed by atoms with Crippen molar-refractivity contribution in [2.75, 3.05) is 12.4 Å². The Balaban J connectivity index is 1.54. The van der Waals surface area contributed by atoms with Gasteiger partial charge in [-0.2, -0.15) is 4.80 Å². The number of aryl methyl sites for hydroxylation is 1. The van der Waals surface area contributed by atoms with Gasteiger partial charge in [0.15, 0.2) is 5.11 Å². The molecular weight excluding hydrogens is 497 g/mol. The molecular formula is C22H17BrFN5O2S. The number of carbonyl (C=O) groups is 1. The van der Waals surface area contributed by atoms with E-state index in [0.717, 1.165) is 10.0 Å². The third-order valence-corrected chi connectivity index (χ3v) is 5.36. The van der Waals surface area contributed by atoms with Crippen LogP contribution < -0.4 is 15.4 Å². The topological polar surface area (TPSA) is 81.1 Å². The molecule has 162 valence electrons. The van der Waals surface area contributed by atoms with Crippen LogP contribution in [0.2, 0.25) is 0 Å². The van der Waals surface area contributed by atoms with E-state index in [4.69, 9.17) is 17.0 Å². The summed E-state index contributed by atoms with van der Waals surface area (Å²) in [5.74, 6) is -0.297. The molecule has 3 aromatic carbocycles. The zero-order valence-electron chi connectivity index (χ0n) is 17.0. The Bertz CT molecular complexity index is 1340. The summed E-state index contributed by atoms with van der Waals surface area (Å²) in [5.41, 5.74) is 3.81. The van der Waals surface area contributed by atoms with Crippen LogP contribution in [0.5, 0.6) is 5.75 Å². The first-order valence-corrected chi connectivity index (χ1v) is 10.6. The summed E-state index contributed by atoms with van der Waals surface area (Å²) < 4.78 is 19.2. The number of ether oxygens (including phenoxy) is 1. The van der Waals surface area contributed by atoms with E-state index in [1.165, 1.54) is 24.0 Å². The van der Waals surface area contributed by atoms with E-state index < -0.39 is 5.91 Å². The molecule has 0 aliphatic rings. The summed E-state index contributed by atoms with van der Waals surface area (Å²) in [7, 11) is 1.49. The Hall–Kier alpha value is -3.37. The average Bonchev–Trinajstić information content (AvgIpc) is 3.17. The molecule has 0 saturated heterocycles. The molecule has 1 aromatic heterocycles. The molecule has 2 N–H and O–H groups in total. The highest BCUT2D eigenvalue weighted by Gasteiger charge is 2.15. The van der Waals surface area contributed by atoms with Gasteiger partial charge in [0, 0.05) is 10.2 Å². The number of amides is 1. The third-order valence-electron chi connectivity index (χ3n) is 4.67. The number of fused-ring (bicyclic) bond motifs is 1. The number of hydrogen-bond acceptors (Lipinski definition) is 5.